The van der Waals surface area contributed by atoms with Gasteiger partial charge >= 0.3 is 6.18 Å². The van der Waals surface area contributed by atoms with Crippen LogP contribution in [0.5, 0.6) is 0 Å². The zero-order valence-electron chi connectivity index (χ0n) is 17.1. The minimum Gasteiger partial charge on any atom is -0.383 e. The number of ether oxygens (including phenoxy) is 2. The molecule has 1 aliphatic rings. The molecule has 0 N–H and O–H groups in total. The fourth-order valence-corrected chi connectivity index (χ4v) is 4.07. The van der Waals surface area contributed by atoms with E-state index >= 15 is 0 Å². The molecule has 0 spiro atoms. The summed E-state index contributed by atoms with van der Waals surface area (Å²) in [5.74, 6) is 0.200. The Labute approximate surface area is 177 Å². The summed E-state index contributed by atoms with van der Waals surface area (Å²) in [6, 6.07) is 2.95. The van der Waals surface area contributed by atoms with Crippen molar-refractivity contribution in [2.45, 2.75) is 31.7 Å². The summed E-state index contributed by atoms with van der Waals surface area (Å²) < 4.78 is 50.9. The topological polar surface area (TPSA) is 56.6 Å². The van der Waals surface area contributed by atoms with Crippen molar-refractivity contribution in [1.82, 2.24) is 9.55 Å². The standard InChI is InChI=1S/C20H23ClF3N3O3/c1-11-17(27-9-14(30-4)8-13(27)10-29-3)19(28)26(2)18(25-11)15-6-5-12(7-16(15)21)20(22,23)24/h5-7,13-14H,8-10H2,1-4H3/t13-,14+/m0/s1. The van der Waals surface area contributed by atoms with Gasteiger partial charge in [-0.15, -0.1) is 0 Å². The normalized spacial score (nSPS) is 19.5. The Bertz CT molecular complexity index is 994. The van der Waals surface area contributed by atoms with Gasteiger partial charge in [0.2, 0.25) is 0 Å². The van der Waals surface area contributed by atoms with Gasteiger partial charge in [-0.3, -0.25) is 9.36 Å². The van der Waals surface area contributed by atoms with Crippen LogP contribution in [0.3, 0.4) is 0 Å². The third-order valence-corrected chi connectivity index (χ3v) is 5.65. The molecule has 0 amide bonds. The molecule has 1 aromatic heterocycles. The van der Waals surface area contributed by atoms with E-state index in [1.807, 2.05) is 4.90 Å². The molecule has 0 unspecified atom stereocenters. The molecular formula is C20H23ClF3N3O3. The molecule has 0 saturated carbocycles. The van der Waals surface area contributed by atoms with E-state index in [9.17, 15) is 18.0 Å². The fourth-order valence-electron chi connectivity index (χ4n) is 3.81. The summed E-state index contributed by atoms with van der Waals surface area (Å²) in [7, 11) is 4.74. The maximum atomic E-state index is 13.2. The molecule has 164 valence electrons. The molecule has 0 radical (unpaired) electrons. The van der Waals surface area contributed by atoms with Crippen molar-refractivity contribution in [1.29, 1.82) is 0 Å². The highest BCUT2D eigenvalue weighted by atomic mass is 35.5. The zero-order chi connectivity index (χ0) is 22.2. The Hall–Kier alpha value is -2.10. The van der Waals surface area contributed by atoms with Crippen LogP contribution in [-0.4, -0.2) is 49.1 Å². The van der Waals surface area contributed by atoms with Gasteiger partial charge < -0.3 is 14.4 Å². The first kappa shape index (κ1) is 22.6. The van der Waals surface area contributed by atoms with E-state index in [1.165, 1.54) is 17.7 Å². The van der Waals surface area contributed by atoms with E-state index in [-0.39, 0.29) is 34.1 Å². The highest BCUT2D eigenvalue weighted by Crippen LogP contribution is 2.35. The molecule has 3 rings (SSSR count). The Balaban J connectivity index is 2.07. The molecule has 0 aliphatic carbocycles. The van der Waals surface area contributed by atoms with Crippen molar-refractivity contribution in [2.75, 3.05) is 32.3 Å². The van der Waals surface area contributed by atoms with E-state index in [2.05, 4.69) is 4.98 Å². The number of methoxy groups -OCH3 is 2. The smallest absolute Gasteiger partial charge is 0.383 e. The molecule has 0 bridgehead atoms. The molecule has 1 saturated heterocycles. The van der Waals surface area contributed by atoms with Crippen molar-refractivity contribution < 1.29 is 22.6 Å². The quantitative estimate of drug-likeness (QED) is 0.703. The predicted octanol–water partition coefficient (Wildman–Crippen LogP) is 3.67. The number of hydrogen-bond acceptors (Lipinski definition) is 5. The molecule has 2 atom stereocenters. The van der Waals surface area contributed by atoms with Crippen LogP contribution in [0.4, 0.5) is 18.9 Å². The highest BCUT2D eigenvalue weighted by Gasteiger charge is 2.36. The van der Waals surface area contributed by atoms with Crippen molar-refractivity contribution in [3.05, 3.63) is 44.8 Å². The first-order chi connectivity index (χ1) is 14.1. The van der Waals surface area contributed by atoms with Crippen LogP contribution in [0.2, 0.25) is 5.02 Å². The monoisotopic (exact) mass is 445 g/mol. The highest BCUT2D eigenvalue weighted by molar-refractivity contribution is 6.33. The SMILES string of the molecule is COC[C@@H]1C[C@@H](OC)CN1c1c(C)nc(-c2ccc(C(F)(F)F)cc2Cl)n(C)c1=O. The van der Waals surface area contributed by atoms with E-state index in [0.29, 0.717) is 31.0 Å². The van der Waals surface area contributed by atoms with Gasteiger partial charge in [0.25, 0.3) is 5.56 Å². The second-order valence-electron chi connectivity index (χ2n) is 7.28. The van der Waals surface area contributed by atoms with Gasteiger partial charge in [0, 0.05) is 33.4 Å². The Kier molecular flexibility index (Phi) is 6.45. The number of aryl methyl sites for hydroxylation is 1. The van der Waals surface area contributed by atoms with E-state index in [1.54, 1.807) is 21.1 Å². The summed E-state index contributed by atoms with van der Waals surface area (Å²) in [4.78, 5) is 19.7. The zero-order valence-corrected chi connectivity index (χ0v) is 17.8. The first-order valence-corrected chi connectivity index (χ1v) is 9.69. The number of nitrogens with zero attached hydrogens (tertiary/aromatic N) is 3. The van der Waals surface area contributed by atoms with E-state index in [0.717, 1.165) is 12.1 Å². The molecule has 2 aromatic rings. The van der Waals surface area contributed by atoms with Crippen LogP contribution in [0.25, 0.3) is 11.4 Å². The fraction of sp³-hybridized carbons (Fsp3) is 0.500. The number of hydrogen-bond donors (Lipinski definition) is 0. The van der Waals surface area contributed by atoms with Crippen LogP contribution in [-0.2, 0) is 22.7 Å². The lowest BCUT2D eigenvalue weighted by atomic mass is 10.1. The number of aromatic nitrogens is 2. The Morgan fingerprint density at radius 1 is 1.30 bits per heavy atom. The Morgan fingerprint density at radius 3 is 2.57 bits per heavy atom. The van der Waals surface area contributed by atoms with Crippen LogP contribution < -0.4 is 10.5 Å². The number of anilines is 1. The number of alkyl halides is 3. The van der Waals surface area contributed by atoms with Crippen molar-refractivity contribution in [3.8, 4) is 11.4 Å². The summed E-state index contributed by atoms with van der Waals surface area (Å²) in [6.45, 7) is 2.64. The molecule has 10 heteroatoms. The largest absolute Gasteiger partial charge is 0.416 e. The van der Waals surface area contributed by atoms with Gasteiger partial charge in [0.1, 0.15) is 11.5 Å². The summed E-state index contributed by atoms with van der Waals surface area (Å²) in [5.41, 5.74) is -0.0395. The third kappa shape index (κ3) is 4.19. The molecule has 1 aromatic carbocycles. The van der Waals surface area contributed by atoms with Crippen LogP contribution in [0.1, 0.15) is 17.7 Å². The molecule has 30 heavy (non-hydrogen) atoms. The Morgan fingerprint density at radius 2 is 2.00 bits per heavy atom. The van der Waals surface area contributed by atoms with Gasteiger partial charge in [-0.2, -0.15) is 13.2 Å². The number of benzene rings is 1. The van der Waals surface area contributed by atoms with Gasteiger partial charge in [0.15, 0.2) is 0 Å². The minimum absolute atomic E-state index is 0.0433. The molecule has 6 nitrogen and oxygen atoms in total. The van der Waals surface area contributed by atoms with Crippen LogP contribution >= 0.6 is 11.6 Å². The second-order valence-corrected chi connectivity index (χ2v) is 7.69. The lowest BCUT2D eigenvalue weighted by Crippen LogP contribution is -2.39. The molecule has 2 heterocycles. The summed E-state index contributed by atoms with van der Waals surface area (Å²) in [5, 5.41) is -0.127. The minimum atomic E-state index is -4.51. The lowest BCUT2D eigenvalue weighted by Gasteiger charge is -2.27. The van der Waals surface area contributed by atoms with E-state index < -0.39 is 11.7 Å². The number of halogens is 4. The average Bonchev–Trinajstić information content (AvgIpc) is 3.07. The van der Waals surface area contributed by atoms with Crippen molar-refractivity contribution in [2.24, 2.45) is 7.05 Å². The summed E-state index contributed by atoms with van der Waals surface area (Å²) in [6.07, 6.45) is -3.84. The first-order valence-electron chi connectivity index (χ1n) is 9.31. The predicted molar refractivity (Wildman–Crippen MR) is 108 cm³/mol. The van der Waals surface area contributed by atoms with Crippen LogP contribution in [0, 0.1) is 6.92 Å². The maximum absolute atomic E-state index is 13.2. The molecule has 1 aliphatic heterocycles. The van der Waals surface area contributed by atoms with E-state index in [4.69, 9.17) is 21.1 Å². The molecule has 1 fully saturated rings. The third-order valence-electron chi connectivity index (χ3n) is 5.33. The van der Waals surface area contributed by atoms with Crippen molar-refractivity contribution >= 4 is 17.3 Å². The average molecular weight is 446 g/mol. The second kappa shape index (κ2) is 8.56. The number of rotatable bonds is 5. The van der Waals surface area contributed by atoms with Gasteiger partial charge in [-0.05, 0) is 31.5 Å². The van der Waals surface area contributed by atoms with Gasteiger partial charge in [0.05, 0.1) is 35.0 Å². The lowest BCUT2D eigenvalue weighted by molar-refractivity contribution is -0.137. The maximum Gasteiger partial charge on any atom is 0.416 e. The van der Waals surface area contributed by atoms with Gasteiger partial charge in [-0.1, -0.05) is 11.6 Å². The van der Waals surface area contributed by atoms with Gasteiger partial charge in [-0.25, -0.2) is 4.98 Å². The van der Waals surface area contributed by atoms with Crippen molar-refractivity contribution in [3.63, 3.8) is 0 Å². The summed E-state index contributed by atoms with van der Waals surface area (Å²) >= 11 is 6.12. The van der Waals surface area contributed by atoms with Crippen LogP contribution in [0.15, 0.2) is 23.0 Å². The molecular weight excluding hydrogens is 423 g/mol.